The number of alkyl halides is 3. The van der Waals surface area contributed by atoms with Crippen LogP contribution in [0.3, 0.4) is 0 Å². The van der Waals surface area contributed by atoms with Crippen molar-refractivity contribution in [2.45, 2.75) is 12.6 Å². The van der Waals surface area contributed by atoms with Crippen molar-refractivity contribution in [3.05, 3.63) is 59.7 Å². The van der Waals surface area contributed by atoms with Crippen molar-refractivity contribution in [3.63, 3.8) is 0 Å². The van der Waals surface area contributed by atoms with Gasteiger partial charge in [-0.05, 0) is 36.2 Å². The third-order valence-electron chi connectivity index (χ3n) is 3.53. The minimum Gasteiger partial charge on any atom is -0.496 e. The molecule has 2 aromatic rings. The molecule has 0 spiro atoms. The molecule has 0 heterocycles. The van der Waals surface area contributed by atoms with Crippen molar-refractivity contribution in [1.82, 2.24) is 5.32 Å². The van der Waals surface area contributed by atoms with Gasteiger partial charge < -0.3 is 15.4 Å². The standard InChI is InChI=1S/C18H17F3N2O3/c1-26-15-8-3-2-5-12(15)9-10-22-16(24)17(25)23-14-7-4-6-13(11-14)18(19,20)21/h2-8,11H,9-10H2,1H3,(H,22,24)(H,23,25). The minimum absolute atomic E-state index is 0.107. The smallest absolute Gasteiger partial charge is 0.416 e. The number of rotatable bonds is 5. The molecule has 0 saturated carbocycles. The summed E-state index contributed by atoms with van der Waals surface area (Å²) in [5, 5.41) is 4.57. The molecule has 5 nitrogen and oxygen atoms in total. The fourth-order valence-corrected chi connectivity index (χ4v) is 2.26. The zero-order valence-electron chi connectivity index (χ0n) is 13.9. The third-order valence-corrected chi connectivity index (χ3v) is 3.53. The lowest BCUT2D eigenvalue weighted by Crippen LogP contribution is -2.36. The Bertz CT molecular complexity index is 791. The molecule has 0 bridgehead atoms. The van der Waals surface area contributed by atoms with Crippen LogP contribution in [0, 0.1) is 0 Å². The Hall–Kier alpha value is -3.03. The first kappa shape index (κ1) is 19.3. The predicted octanol–water partition coefficient (Wildman–Crippen LogP) is 3.01. The first-order valence-electron chi connectivity index (χ1n) is 7.69. The average molecular weight is 366 g/mol. The van der Waals surface area contributed by atoms with Gasteiger partial charge in [0.15, 0.2) is 0 Å². The fourth-order valence-electron chi connectivity index (χ4n) is 2.26. The summed E-state index contributed by atoms with van der Waals surface area (Å²) in [7, 11) is 1.53. The Morgan fingerprint density at radius 2 is 1.77 bits per heavy atom. The molecule has 0 atom stereocenters. The van der Waals surface area contributed by atoms with Gasteiger partial charge in [0, 0.05) is 12.2 Å². The van der Waals surface area contributed by atoms with Crippen LogP contribution in [0.15, 0.2) is 48.5 Å². The topological polar surface area (TPSA) is 67.4 Å². The van der Waals surface area contributed by atoms with E-state index in [-0.39, 0.29) is 12.2 Å². The second kappa shape index (κ2) is 8.37. The highest BCUT2D eigenvalue weighted by molar-refractivity contribution is 6.39. The number of amides is 2. The molecule has 0 unspecified atom stereocenters. The highest BCUT2D eigenvalue weighted by Gasteiger charge is 2.30. The molecule has 2 aromatic carbocycles. The number of hydrogen-bond acceptors (Lipinski definition) is 3. The Morgan fingerprint density at radius 1 is 1.04 bits per heavy atom. The second-order valence-corrected chi connectivity index (χ2v) is 5.35. The summed E-state index contributed by atoms with van der Waals surface area (Å²) < 4.78 is 43.1. The number of carbonyl (C=O) groups is 2. The van der Waals surface area contributed by atoms with Crippen molar-refractivity contribution in [1.29, 1.82) is 0 Å². The minimum atomic E-state index is -4.53. The van der Waals surface area contributed by atoms with Crippen molar-refractivity contribution in [2.24, 2.45) is 0 Å². The lowest BCUT2D eigenvalue weighted by molar-refractivity contribution is -0.137. The van der Waals surface area contributed by atoms with Gasteiger partial charge in [-0.2, -0.15) is 13.2 Å². The van der Waals surface area contributed by atoms with E-state index in [1.165, 1.54) is 13.2 Å². The number of nitrogens with one attached hydrogen (secondary N) is 2. The Morgan fingerprint density at radius 3 is 2.46 bits per heavy atom. The van der Waals surface area contributed by atoms with E-state index in [1.54, 1.807) is 6.07 Å². The summed E-state index contributed by atoms with van der Waals surface area (Å²) in [4.78, 5) is 23.6. The molecular formula is C18H17F3N2O3. The zero-order chi connectivity index (χ0) is 19.2. The molecule has 2 rings (SSSR count). The first-order chi connectivity index (χ1) is 12.3. The SMILES string of the molecule is COc1ccccc1CCNC(=O)C(=O)Nc1cccc(C(F)(F)F)c1. The molecule has 0 aromatic heterocycles. The van der Waals surface area contributed by atoms with Gasteiger partial charge in [-0.25, -0.2) is 0 Å². The lowest BCUT2D eigenvalue weighted by atomic mass is 10.1. The monoisotopic (exact) mass is 366 g/mol. The van der Waals surface area contributed by atoms with Crippen molar-refractivity contribution in [3.8, 4) is 5.75 Å². The predicted molar refractivity (Wildman–Crippen MR) is 89.8 cm³/mol. The number of carbonyl (C=O) groups excluding carboxylic acids is 2. The summed E-state index contributed by atoms with van der Waals surface area (Å²) in [5.74, 6) is -1.31. The lowest BCUT2D eigenvalue weighted by Gasteiger charge is -2.11. The number of hydrogen-bond donors (Lipinski definition) is 2. The molecule has 2 N–H and O–H groups in total. The van der Waals surface area contributed by atoms with Gasteiger partial charge in [-0.1, -0.05) is 24.3 Å². The summed E-state index contributed by atoms with van der Waals surface area (Å²) in [6.45, 7) is 0.176. The van der Waals surface area contributed by atoms with Crippen LogP contribution in [-0.2, 0) is 22.2 Å². The van der Waals surface area contributed by atoms with E-state index in [0.717, 1.165) is 23.8 Å². The van der Waals surface area contributed by atoms with E-state index in [0.29, 0.717) is 12.2 Å². The van der Waals surface area contributed by atoms with Crippen LogP contribution in [0.25, 0.3) is 0 Å². The maximum atomic E-state index is 12.7. The zero-order valence-corrected chi connectivity index (χ0v) is 13.9. The van der Waals surface area contributed by atoms with Crippen LogP contribution < -0.4 is 15.4 Å². The summed E-state index contributed by atoms with van der Waals surface area (Å²) in [5.41, 5.74) is -0.162. The Labute approximate surface area is 148 Å². The molecule has 0 radical (unpaired) electrons. The molecular weight excluding hydrogens is 349 g/mol. The quantitative estimate of drug-likeness (QED) is 0.800. The second-order valence-electron chi connectivity index (χ2n) is 5.35. The van der Waals surface area contributed by atoms with Gasteiger partial charge in [0.1, 0.15) is 5.75 Å². The maximum absolute atomic E-state index is 12.7. The number of ether oxygens (including phenoxy) is 1. The number of halogens is 3. The first-order valence-corrected chi connectivity index (χ1v) is 7.69. The van der Waals surface area contributed by atoms with Gasteiger partial charge in [0.05, 0.1) is 12.7 Å². The molecule has 0 fully saturated rings. The molecule has 26 heavy (non-hydrogen) atoms. The Balaban J connectivity index is 1.89. The molecule has 0 aliphatic heterocycles. The van der Waals surface area contributed by atoms with E-state index in [2.05, 4.69) is 10.6 Å². The number of anilines is 1. The number of benzene rings is 2. The van der Waals surface area contributed by atoms with E-state index in [1.807, 2.05) is 18.2 Å². The normalized spacial score (nSPS) is 10.9. The van der Waals surface area contributed by atoms with Crippen molar-refractivity contribution < 1.29 is 27.5 Å². The van der Waals surface area contributed by atoms with Crippen LogP contribution in [0.2, 0.25) is 0 Å². The van der Waals surface area contributed by atoms with Gasteiger partial charge in [-0.15, -0.1) is 0 Å². The molecule has 0 saturated heterocycles. The van der Waals surface area contributed by atoms with Crippen LogP contribution in [0.4, 0.5) is 18.9 Å². The largest absolute Gasteiger partial charge is 0.496 e. The maximum Gasteiger partial charge on any atom is 0.416 e. The Kier molecular flexibility index (Phi) is 6.21. The number of methoxy groups -OCH3 is 1. The van der Waals surface area contributed by atoms with Crippen LogP contribution in [-0.4, -0.2) is 25.5 Å². The van der Waals surface area contributed by atoms with Crippen molar-refractivity contribution in [2.75, 3.05) is 19.0 Å². The fraction of sp³-hybridized carbons (Fsp3) is 0.222. The van der Waals surface area contributed by atoms with Crippen LogP contribution >= 0.6 is 0 Å². The molecule has 8 heteroatoms. The van der Waals surface area contributed by atoms with E-state index < -0.39 is 23.6 Å². The van der Waals surface area contributed by atoms with Crippen LogP contribution in [0.5, 0.6) is 5.75 Å². The highest BCUT2D eigenvalue weighted by Crippen LogP contribution is 2.30. The van der Waals surface area contributed by atoms with E-state index in [4.69, 9.17) is 4.74 Å². The highest BCUT2D eigenvalue weighted by atomic mass is 19.4. The molecule has 0 aliphatic rings. The van der Waals surface area contributed by atoms with Gasteiger partial charge >= 0.3 is 18.0 Å². The van der Waals surface area contributed by atoms with Crippen molar-refractivity contribution >= 4 is 17.5 Å². The van der Waals surface area contributed by atoms with E-state index in [9.17, 15) is 22.8 Å². The van der Waals surface area contributed by atoms with E-state index >= 15 is 0 Å². The molecule has 138 valence electrons. The summed E-state index contributed by atoms with van der Waals surface area (Å²) in [6.07, 6.45) is -4.09. The molecule has 2 amide bonds. The third kappa shape index (κ3) is 5.23. The number of para-hydroxylation sites is 1. The van der Waals surface area contributed by atoms with Gasteiger partial charge in [0.2, 0.25) is 0 Å². The van der Waals surface area contributed by atoms with Gasteiger partial charge in [-0.3, -0.25) is 9.59 Å². The average Bonchev–Trinajstić information content (AvgIpc) is 2.61. The van der Waals surface area contributed by atoms with Gasteiger partial charge in [0.25, 0.3) is 0 Å². The molecule has 0 aliphatic carbocycles. The summed E-state index contributed by atoms with van der Waals surface area (Å²) >= 11 is 0. The summed E-state index contributed by atoms with van der Waals surface area (Å²) in [6, 6.07) is 11.3. The van der Waals surface area contributed by atoms with Crippen LogP contribution in [0.1, 0.15) is 11.1 Å².